The van der Waals surface area contributed by atoms with E-state index in [0.717, 1.165) is 19.3 Å². The summed E-state index contributed by atoms with van der Waals surface area (Å²) < 4.78 is 0. The predicted octanol–water partition coefficient (Wildman–Crippen LogP) is 2.45. The molecule has 13 heavy (non-hydrogen) atoms. The predicted molar refractivity (Wildman–Crippen MR) is 57.7 cm³/mol. The van der Waals surface area contributed by atoms with Crippen LogP contribution in [-0.2, 0) is 0 Å². The van der Waals surface area contributed by atoms with Crippen LogP contribution in [0.3, 0.4) is 0 Å². The molecule has 0 fully saturated rings. The van der Waals surface area contributed by atoms with E-state index in [4.69, 9.17) is 5.73 Å². The van der Waals surface area contributed by atoms with Crippen molar-refractivity contribution in [3.63, 3.8) is 0 Å². The SMILES string of the molecule is CCCCCCCC(O)(CC)CN. The van der Waals surface area contributed by atoms with Crippen molar-refractivity contribution in [3.8, 4) is 0 Å². The Bertz CT molecular complexity index is 111. The molecule has 0 aromatic heterocycles. The second-order valence-electron chi connectivity index (χ2n) is 3.95. The van der Waals surface area contributed by atoms with Gasteiger partial charge in [0.25, 0.3) is 0 Å². The van der Waals surface area contributed by atoms with Crippen molar-refractivity contribution in [3.05, 3.63) is 0 Å². The maximum absolute atomic E-state index is 9.86. The van der Waals surface area contributed by atoms with Crippen LogP contribution in [0.25, 0.3) is 0 Å². The van der Waals surface area contributed by atoms with Gasteiger partial charge in [-0.2, -0.15) is 0 Å². The summed E-state index contributed by atoms with van der Waals surface area (Å²) in [6.07, 6.45) is 7.86. The van der Waals surface area contributed by atoms with Crippen LogP contribution >= 0.6 is 0 Å². The van der Waals surface area contributed by atoms with Gasteiger partial charge in [0.2, 0.25) is 0 Å². The lowest BCUT2D eigenvalue weighted by Gasteiger charge is -2.24. The second-order valence-corrected chi connectivity index (χ2v) is 3.95. The molecule has 0 saturated heterocycles. The number of rotatable bonds is 8. The van der Waals surface area contributed by atoms with Gasteiger partial charge in [0, 0.05) is 6.54 Å². The van der Waals surface area contributed by atoms with Crippen molar-refractivity contribution in [2.24, 2.45) is 5.73 Å². The molecule has 2 nitrogen and oxygen atoms in total. The lowest BCUT2D eigenvalue weighted by Crippen LogP contribution is -2.36. The Morgan fingerprint density at radius 1 is 1.08 bits per heavy atom. The fourth-order valence-electron chi connectivity index (χ4n) is 1.48. The Balaban J connectivity index is 3.39. The topological polar surface area (TPSA) is 46.2 Å². The standard InChI is InChI=1S/C11H25NO/c1-3-5-6-7-8-9-11(13,4-2)10-12/h13H,3-10,12H2,1-2H3. The first kappa shape index (κ1) is 12.9. The third kappa shape index (κ3) is 6.05. The smallest absolute Gasteiger partial charge is 0.0766 e. The molecule has 0 spiro atoms. The Labute approximate surface area is 82.5 Å². The summed E-state index contributed by atoms with van der Waals surface area (Å²) in [5, 5.41) is 9.86. The van der Waals surface area contributed by atoms with E-state index < -0.39 is 5.60 Å². The lowest BCUT2D eigenvalue weighted by molar-refractivity contribution is 0.0338. The number of unbranched alkanes of at least 4 members (excludes halogenated alkanes) is 4. The first-order valence-corrected chi connectivity index (χ1v) is 5.61. The minimum Gasteiger partial charge on any atom is -0.389 e. The van der Waals surface area contributed by atoms with Crippen molar-refractivity contribution < 1.29 is 5.11 Å². The quantitative estimate of drug-likeness (QED) is 0.573. The van der Waals surface area contributed by atoms with Crippen LogP contribution in [0.1, 0.15) is 58.8 Å². The first-order valence-electron chi connectivity index (χ1n) is 5.61. The molecule has 0 aliphatic carbocycles. The maximum atomic E-state index is 9.86. The molecule has 0 radical (unpaired) electrons. The van der Waals surface area contributed by atoms with E-state index in [9.17, 15) is 5.11 Å². The molecule has 0 aliphatic rings. The van der Waals surface area contributed by atoms with E-state index in [1.54, 1.807) is 0 Å². The molecule has 0 amide bonds. The summed E-state index contributed by atoms with van der Waals surface area (Å²) in [6.45, 7) is 4.61. The normalized spacial score (nSPS) is 15.7. The minimum absolute atomic E-state index is 0.400. The maximum Gasteiger partial charge on any atom is 0.0766 e. The van der Waals surface area contributed by atoms with Crippen LogP contribution < -0.4 is 5.73 Å². The Hall–Kier alpha value is -0.0800. The third-order valence-corrected chi connectivity index (χ3v) is 2.78. The molecule has 3 N–H and O–H groups in total. The van der Waals surface area contributed by atoms with Gasteiger partial charge in [-0.15, -0.1) is 0 Å². The number of hydrogen-bond acceptors (Lipinski definition) is 2. The van der Waals surface area contributed by atoms with E-state index >= 15 is 0 Å². The highest BCUT2D eigenvalue weighted by Gasteiger charge is 2.21. The van der Waals surface area contributed by atoms with Gasteiger partial charge in [0.1, 0.15) is 0 Å². The van der Waals surface area contributed by atoms with Gasteiger partial charge in [0.15, 0.2) is 0 Å². The van der Waals surface area contributed by atoms with Gasteiger partial charge in [-0.25, -0.2) is 0 Å². The number of aliphatic hydroxyl groups is 1. The van der Waals surface area contributed by atoms with E-state index in [-0.39, 0.29) is 0 Å². The van der Waals surface area contributed by atoms with Crippen molar-refractivity contribution in [1.29, 1.82) is 0 Å². The molecule has 1 unspecified atom stereocenters. The van der Waals surface area contributed by atoms with Crippen LogP contribution in [0.2, 0.25) is 0 Å². The van der Waals surface area contributed by atoms with Crippen molar-refractivity contribution >= 4 is 0 Å². The van der Waals surface area contributed by atoms with Crippen molar-refractivity contribution in [1.82, 2.24) is 0 Å². The summed E-state index contributed by atoms with van der Waals surface area (Å²) in [6, 6.07) is 0. The highest BCUT2D eigenvalue weighted by atomic mass is 16.3. The molecule has 0 aliphatic heterocycles. The van der Waals surface area contributed by atoms with E-state index in [2.05, 4.69) is 6.92 Å². The number of hydrogen-bond donors (Lipinski definition) is 2. The average molecular weight is 187 g/mol. The Morgan fingerprint density at radius 3 is 2.15 bits per heavy atom. The van der Waals surface area contributed by atoms with Crippen molar-refractivity contribution in [2.75, 3.05) is 6.54 Å². The van der Waals surface area contributed by atoms with Crippen molar-refractivity contribution in [2.45, 2.75) is 64.4 Å². The first-order chi connectivity index (χ1) is 6.18. The molecule has 0 aromatic rings. The van der Waals surface area contributed by atoms with Crippen LogP contribution in [-0.4, -0.2) is 17.3 Å². The molecule has 80 valence electrons. The Kier molecular flexibility index (Phi) is 7.29. The zero-order valence-electron chi connectivity index (χ0n) is 9.18. The summed E-state index contributed by atoms with van der Waals surface area (Å²) in [7, 11) is 0. The monoisotopic (exact) mass is 187 g/mol. The highest BCUT2D eigenvalue weighted by Crippen LogP contribution is 2.18. The fraction of sp³-hybridized carbons (Fsp3) is 1.00. The second kappa shape index (κ2) is 7.34. The third-order valence-electron chi connectivity index (χ3n) is 2.78. The van der Waals surface area contributed by atoms with Gasteiger partial charge in [-0.3, -0.25) is 0 Å². The van der Waals surface area contributed by atoms with E-state index in [0.29, 0.717) is 6.54 Å². The molecule has 0 aromatic carbocycles. The van der Waals surface area contributed by atoms with Gasteiger partial charge < -0.3 is 10.8 Å². The molecule has 2 heteroatoms. The average Bonchev–Trinajstić information content (AvgIpc) is 2.17. The van der Waals surface area contributed by atoms with Gasteiger partial charge in [-0.1, -0.05) is 46.0 Å². The molecule has 0 heterocycles. The van der Waals surface area contributed by atoms with Crippen LogP contribution in [0.5, 0.6) is 0 Å². The molecule has 0 rings (SSSR count). The molecule has 0 saturated carbocycles. The van der Waals surface area contributed by atoms with Crippen LogP contribution in [0, 0.1) is 0 Å². The molecular formula is C11H25NO. The summed E-state index contributed by atoms with van der Waals surface area (Å²) in [5.74, 6) is 0. The fourth-order valence-corrected chi connectivity index (χ4v) is 1.48. The summed E-state index contributed by atoms with van der Waals surface area (Å²) in [4.78, 5) is 0. The van der Waals surface area contributed by atoms with Gasteiger partial charge >= 0.3 is 0 Å². The molecule has 0 bridgehead atoms. The Morgan fingerprint density at radius 2 is 1.69 bits per heavy atom. The summed E-state index contributed by atoms with van der Waals surface area (Å²) >= 11 is 0. The van der Waals surface area contributed by atoms with Crippen LogP contribution in [0.4, 0.5) is 0 Å². The van der Waals surface area contributed by atoms with E-state index in [1.807, 2.05) is 6.92 Å². The lowest BCUT2D eigenvalue weighted by atomic mass is 9.93. The van der Waals surface area contributed by atoms with E-state index in [1.165, 1.54) is 25.7 Å². The molecular weight excluding hydrogens is 162 g/mol. The van der Waals surface area contributed by atoms with Gasteiger partial charge in [0.05, 0.1) is 5.60 Å². The summed E-state index contributed by atoms with van der Waals surface area (Å²) in [5.41, 5.74) is 4.92. The zero-order valence-corrected chi connectivity index (χ0v) is 9.18. The van der Waals surface area contributed by atoms with Gasteiger partial charge in [-0.05, 0) is 12.8 Å². The van der Waals surface area contributed by atoms with Crippen LogP contribution in [0.15, 0.2) is 0 Å². The largest absolute Gasteiger partial charge is 0.389 e. The number of nitrogens with two attached hydrogens (primary N) is 1. The minimum atomic E-state index is -0.591. The zero-order chi connectivity index (χ0) is 10.2. The highest BCUT2D eigenvalue weighted by molar-refractivity contribution is 4.77. The molecule has 1 atom stereocenters.